The molecule has 4 nitrogen and oxygen atoms in total. The topological polar surface area (TPSA) is 45.3 Å². The number of nitrogens with zero attached hydrogens (tertiary/aromatic N) is 1. The fourth-order valence-electron chi connectivity index (χ4n) is 1.65. The van der Waals surface area contributed by atoms with Crippen molar-refractivity contribution in [3.05, 3.63) is 23.5 Å². The van der Waals surface area contributed by atoms with Crippen LogP contribution in [0.4, 0.5) is 0 Å². The van der Waals surface area contributed by atoms with E-state index in [1.807, 2.05) is 6.20 Å². The van der Waals surface area contributed by atoms with E-state index in [9.17, 15) is 4.79 Å². The van der Waals surface area contributed by atoms with Gasteiger partial charge in [0, 0.05) is 37.6 Å². The number of carbonyl (C=O) groups excluding carboxylic acids is 1. The summed E-state index contributed by atoms with van der Waals surface area (Å²) in [6.45, 7) is 4.32. The molecule has 0 bridgehead atoms. The first-order valence-electron chi connectivity index (χ1n) is 4.81. The number of rotatable bonds is 3. The van der Waals surface area contributed by atoms with Gasteiger partial charge >= 0.3 is 0 Å². The van der Waals surface area contributed by atoms with Crippen molar-refractivity contribution in [2.45, 2.75) is 6.54 Å². The molecule has 0 saturated carbocycles. The molecule has 1 saturated heterocycles. The molecule has 4 heteroatoms. The Morgan fingerprint density at radius 1 is 1.43 bits per heavy atom. The Bertz CT molecular complexity index is 303. The van der Waals surface area contributed by atoms with Crippen LogP contribution < -0.4 is 0 Å². The minimum atomic E-state index is 0.761. The third kappa shape index (κ3) is 2.02. The van der Waals surface area contributed by atoms with Crippen molar-refractivity contribution in [2.24, 2.45) is 0 Å². The first-order chi connectivity index (χ1) is 6.90. The van der Waals surface area contributed by atoms with Crippen LogP contribution in [0.5, 0.6) is 0 Å². The van der Waals surface area contributed by atoms with Crippen LogP contribution in [0.3, 0.4) is 0 Å². The van der Waals surface area contributed by atoms with Crippen LogP contribution in [0.2, 0.25) is 0 Å². The Labute approximate surface area is 82.9 Å². The normalized spacial score (nSPS) is 18.3. The van der Waals surface area contributed by atoms with Gasteiger partial charge in [0.1, 0.15) is 0 Å². The number of aromatic amines is 1. The summed E-state index contributed by atoms with van der Waals surface area (Å²) in [6.07, 6.45) is 4.52. The van der Waals surface area contributed by atoms with E-state index < -0.39 is 0 Å². The van der Waals surface area contributed by atoms with Crippen LogP contribution in [0.25, 0.3) is 0 Å². The third-order valence-corrected chi connectivity index (χ3v) is 2.49. The van der Waals surface area contributed by atoms with Crippen molar-refractivity contribution < 1.29 is 9.53 Å². The fraction of sp³-hybridized carbons (Fsp3) is 0.500. The molecule has 2 rings (SSSR count). The highest BCUT2D eigenvalue weighted by Crippen LogP contribution is 2.10. The average molecular weight is 194 g/mol. The molecule has 0 amide bonds. The second-order valence-electron chi connectivity index (χ2n) is 3.44. The van der Waals surface area contributed by atoms with Crippen LogP contribution in [0.15, 0.2) is 12.4 Å². The monoisotopic (exact) mass is 194 g/mol. The molecule has 0 spiro atoms. The molecule has 1 N–H and O–H groups in total. The van der Waals surface area contributed by atoms with Gasteiger partial charge in [0.15, 0.2) is 6.29 Å². The van der Waals surface area contributed by atoms with Crippen molar-refractivity contribution in [1.29, 1.82) is 0 Å². The van der Waals surface area contributed by atoms with Crippen LogP contribution in [-0.4, -0.2) is 42.5 Å². The van der Waals surface area contributed by atoms with E-state index in [0.717, 1.165) is 50.3 Å². The summed E-state index contributed by atoms with van der Waals surface area (Å²) in [5.41, 5.74) is 1.83. The Kier molecular flexibility index (Phi) is 2.96. The van der Waals surface area contributed by atoms with Crippen LogP contribution in [0, 0.1) is 0 Å². The average Bonchev–Trinajstić information content (AvgIpc) is 2.67. The van der Waals surface area contributed by atoms with Gasteiger partial charge in [0.2, 0.25) is 0 Å². The van der Waals surface area contributed by atoms with E-state index in [1.165, 1.54) is 0 Å². The van der Waals surface area contributed by atoms with Gasteiger partial charge in [-0.15, -0.1) is 0 Å². The quantitative estimate of drug-likeness (QED) is 0.719. The smallest absolute Gasteiger partial charge is 0.151 e. The first-order valence-corrected chi connectivity index (χ1v) is 4.81. The Morgan fingerprint density at radius 2 is 2.21 bits per heavy atom. The van der Waals surface area contributed by atoms with Gasteiger partial charge in [-0.25, -0.2) is 0 Å². The van der Waals surface area contributed by atoms with Crippen molar-refractivity contribution in [1.82, 2.24) is 9.88 Å². The Morgan fingerprint density at radius 3 is 2.93 bits per heavy atom. The molecule has 76 valence electrons. The second kappa shape index (κ2) is 4.39. The lowest BCUT2D eigenvalue weighted by molar-refractivity contribution is 0.0341. The molecule has 1 fully saturated rings. The maximum absolute atomic E-state index is 10.7. The van der Waals surface area contributed by atoms with Gasteiger partial charge < -0.3 is 9.72 Å². The molecular weight excluding hydrogens is 180 g/mol. The number of morpholine rings is 1. The van der Waals surface area contributed by atoms with E-state index in [-0.39, 0.29) is 0 Å². The third-order valence-electron chi connectivity index (χ3n) is 2.49. The lowest BCUT2D eigenvalue weighted by atomic mass is 10.2. The number of ether oxygens (including phenoxy) is 1. The van der Waals surface area contributed by atoms with Gasteiger partial charge in [-0.3, -0.25) is 9.69 Å². The number of aldehydes is 1. The number of hydrogen-bond acceptors (Lipinski definition) is 3. The molecule has 0 unspecified atom stereocenters. The van der Waals surface area contributed by atoms with Crippen molar-refractivity contribution >= 4 is 6.29 Å². The zero-order valence-corrected chi connectivity index (χ0v) is 8.03. The van der Waals surface area contributed by atoms with Crippen molar-refractivity contribution in [2.75, 3.05) is 26.3 Å². The summed E-state index contributed by atoms with van der Waals surface area (Å²) in [4.78, 5) is 15.9. The Hall–Kier alpha value is -1.13. The zero-order valence-electron chi connectivity index (χ0n) is 8.03. The Balaban J connectivity index is 1.98. The minimum Gasteiger partial charge on any atom is -0.379 e. The summed E-state index contributed by atoms with van der Waals surface area (Å²) in [6, 6.07) is 0. The van der Waals surface area contributed by atoms with Gasteiger partial charge in [-0.2, -0.15) is 0 Å². The molecule has 0 aromatic carbocycles. The van der Waals surface area contributed by atoms with E-state index in [1.54, 1.807) is 6.20 Å². The second-order valence-corrected chi connectivity index (χ2v) is 3.44. The molecule has 1 aromatic rings. The summed E-state index contributed by atoms with van der Waals surface area (Å²) < 4.78 is 5.26. The molecule has 0 aliphatic carbocycles. The van der Waals surface area contributed by atoms with E-state index in [2.05, 4.69) is 9.88 Å². The SMILES string of the molecule is O=Cc1c[nH]cc1CN1CCOCC1. The molecular formula is C10H14N2O2. The molecule has 0 atom stereocenters. The van der Waals surface area contributed by atoms with Crippen molar-refractivity contribution in [3.63, 3.8) is 0 Å². The maximum Gasteiger partial charge on any atom is 0.151 e. The van der Waals surface area contributed by atoms with Crippen LogP contribution in [-0.2, 0) is 11.3 Å². The number of aromatic nitrogens is 1. The van der Waals surface area contributed by atoms with Crippen LogP contribution >= 0.6 is 0 Å². The van der Waals surface area contributed by atoms with Crippen molar-refractivity contribution in [3.8, 4) is 0 Å². The summed E-state index contributed by atoms with van der Waals surface area (Å²) >= 11 is 0. The highest BCUT2D eigenvalue weighted by Gasteiger charge is 2.12. The highest BCUT2D eigenvalue weighted by atomic mass is 16.5. The summed E-state index contributed by atoms with van der Waals surface area (Å²) in [5.74, 6) is 0. The highest BCUT2D eigenvalue weighted by molar-refractivity contribution is 5.76. The van der Waals surface area contributed by atoms with E-state index >= 15 is 0 Å². The summed E-state index contributed by atoms with van der Waals surface area (Å²) in [5, 5.41) is 0. The number of carbonyl (C=O) groups is 1. The molecule has 1 aromatic heterocycles. The first kappa shape index (κ1) is 9.43. The fourth-order valence-corrected chi connectivity index (χ4v) is 1.65. The summed E-state index contributed by atoms with van der Waals surface area (Å²) in [7, 11) is 0. The number of nitrogens with one attached hydrogen (secondary N) is 1. The molecule has 1 aliphatic rings. The molecule has 0 radical (unpaired) electrons. The largest absolute Gasteiger partial charge is 0.379 e. The van der Waals surface area contributed by atoms with Gasteiger partial charge in [-0.1, -0.05) is 0 Å². The lowest BCUT2D eigenvalue weighted by Gasteiger charge is -2.26. The number of H-pyrrole nitrogens is 1. The minimum absolute atomic E-state index is 0.761. The van der Waals surface area contributed by atoms with E-state index in [0.29, 0.717) is 0 Å². The lowest BCUT2D eigenvalue weighted by Crippen LogP contribution is -2.35. The number of hydrogen-bond donors (Lipinski definition) is 1. The van der Waals surface area contributed by atoms with Gasteiger partial charge in [0.05, 0.1) is 13.2 Å². The predicted octanol–water partition coefficient (Wildman–Crippen LogP) is 0.659. The van der Waals surface area contributed by atoms with Gasteiger partial charge in [0.25, 0.3) is 0 Å². The molecule has 14 heavy (non-hydrogen) atoms. The maximum atomic E-state index is 10.7. The molecule has 2 heterocycles. The standard InChI is InChI=1S/C10H14N2O2/c13-8-10-6-11-5-9(10)7-12-1-3-14-4-2-12/h5-6,8,11H,1-4,7H2. The predicted molar refractivity (Wildman–Crippen MR) is 52.3 cm³/mol. The zero-order chi connectivity index (χ0) is 9.80. The van der Waals surface area contributed by atoms with Crippen LogP contribution in [0.1, 0.15) is 15.9 Å². The van der Waals surface area contributed by atoms with Gasteiger partial charge in [-0.05, 0) is 5.56 Å². The van der Waals surface area contributed by atoms with E-state index in [4.69, 9.17) is 4.74 Å². The molecule has 1 aliphatic heterocycles.